The van der Waals surface area contributed by atoms with Crippen molar-refractivity contribution in [3.05, 3.63) is 125 Å². The molecule has 1 amide bonds. The topological polar surface area (TPSA) is 81.0 Å². The van der Waals surface area contributed by atoms with Crippen molar-refractivity contribution in [2.45, 2.75) is 44.4 Å². The Hall–Kier alpha value is -3.92. The van der Waals surface area contributed by atoms with Crippen molar-refractivity contribution in [1.82, 2.24) is 4.57 Å². The molecule has 0 saturated heterocycles. The van der Waals surface area contributed by atoms with E-state index >= 15 is 0 Å². The lowest BCUT2D eigenvalue weighted by Crippen LogP contribution is -2.41. The molecule has 3 heterocycles. The minimum Gasteiger partial charge on any atom is -0.459 e. The minimum atomic E-state index is -0.765. The van der Waals surface area contributed by atoms with Gasteiger partial charge >= 0.3 is 5.97 Å². The van der Waals surface area contributed by atoms with Crippen molar-refractivity contribution in [2.75, 3.05) is 11.2 Å². The Morgan fingerprint density at radius 3 is 2.44 bits per heavy atom. The number of allylic oxidation sites excluding steroid dienone is 1. The smallest absolute Gasteiger partial charge is 0.338 e. The van der Waals surface area contributed by atoms with E-state index in [1.807, 2.05) is 73.0 Å². The molecule has 2 aliphatic rings. The summed E-state index contributed by atoms with van der Waals surface area (Å²) in [7, 11) is 0. The van der Waals surface area contributed by atoms with Crippen LogP contribution in [0.4, 0.5) is 5.69 Å². The van der Waals surface area contributed by atoms with Crippen LogP contribution in [-0.2, 0) is 20.9 Å². The molecule has 0 unspecified atom stereocenters. The second-order valence-electron chi connectivity index (χ2n) is 10.5. The SMILES string of the molecule is CSc1ccc([C@@H]2C(C(=O)OC(C)C)=C(C)N=c3s/c(=C4\C(=O)N(Cc5ccccc5Cl)c5ccccc54)c(=O)n32)cc1. The Bertz CT molecular complexity index is 1990. The Morgan fingerprint density at radius 1 is 1.05 bits per heavy atom. The Balaban J connectivity index is 1.57. The van der Waals surface area contributed by atoms with Crippen LogP contribution in [0.2, 0.25) is 5.02 Å². The fourth-order valence-electron chi connectivity index (χ4n) is 5.47. The number of para-hydroxylation sites is 1. The van der Waals surface area contributed by atoms with Crippen LogP contribution in [0, 0.1) is 0 Å². The molecule has 2 aliphatic heterocycles. The van der Waals surface area contributed by atoms with E-state index in [9.17, 15) is 14.4 Å². The van der Waals surface area contributed by atoms with E-state index < -0.39 is 12.0 Å². The summed E-state index contributed by atoms with van der Waals surface area (Å²) in [4.78, 5) is 49.8. The predicted octanol–water partition coefficient (Wildman–Crippen LogP) is 5.48. The van der Waals surface area contributed by atoms with E-state index in [0.29, 0.717) is 37.9 Å². The number of nitrogens with zero attached hydrogens (tertiary/aromatic N) is 3. The maximum Gasteiger partial charge on any atom is 0.338 e. The van der Waals surface area contributed by atoms with E-state index in [4.69, 9.17) is 21.3 Å². The number of amides is 1. The van der Waals surface area contributed by atoms with E-state index in [0.717, 1.165) is 27.4 Å². The molecule has 0 aliphatic carbocycles. The van der Waals surface area contributed by atoms with Crippen LogP contribution < -0.4 is 19.8 Å². The molecule has 43 heavy (non-hydrogen) atoms. The lowest BCUT2D eigenvalue weighted by atomic mass is 9.96. The fourth-order valence-corrected chi connectivity index (χ4v) is 7.21. The van der Waals surface area contributed by atoms with Crippen molar-refractivity contribution < 1.29 is 14.3 Å². The lowest BCUT2D eigenvalue weighted by molar-refractivity contribution is -0.143. The monoisotopic (exact) mass is 629 g/mol. The van der Waals surface area contributed by atoms with Gasteiger partial charge in [-0.05, 0) is 62.4 Å². The maximum atomic E-state index is 14.4. The van der Waals surface area contributed by atoms with E-state index in [1.165, 1.54) is 4.57 Å². The molecule has 0 radical (unpaired) electrons. The van der Waals surface area contributed by atoms with Crippen molar-refractivity contribution >= 4 is 57.8 Å². The van der Waals surface area contributed by atoms with Gasteiger partial charge in [-0.15, -0.1) is 11.8 Å². The minimum absolute atomic E-state index is 0.256. The fraction of sp³-hybridized carbons (Fsp3) is 0.212. The van der Waals surface area contributed by atoms with Crippen molar-refractivity contribution in [2.24, 2.45) is 4.99 Å². The highest BCUT2D eigenvalue weighted by molar-refractivity contribution is 7.98. The number of rotatable bonds is 6. The van der Waals surface area contributed by atoms with Crippen LogP contribution in [0.5, 0.6) is 0 Å². The first-order chi connectivity index (χ1) is 20.7. The van der Waals surface area contributed by atoms with Crippen LogP contribution >= 0.6 is 34.7 Å². The average molecular weight is 630 g/mol. The molecule has 7 nitrogen and oxygen atoms in total. The largest absolute Gasteiger partial charge is 0.459 e. The molecule has 0 fully saturated rings. The highest BCUT2D eigenvalue weighted by atomic mass is 35.5. The van der Waals surface area contributed by atoms with Crippen molar-refractivity contribution in [3.63, 3.8) is 0 Å². The summed E-state index contributed by atoms with van der Waals surface area (Å²) in [5.74, 6) is -0.816. The first kappa shape index (κ1) is 29.2. The highest BCUT2D eigenvalue weighted by Crippen LogP contribution is 2.37. The second kappa shape index (κ2) is 11.6. The molecule has 1 aromatic heterocycles. The van der Waals surface area contributed by atoms with E-state index in [-0.39, 0.29) is 28.6 Å². The standard InChI is InChI=1S/C33H28ClN3O4S2/c1-18(2)41-32(40)26-19(3)35-33-37(28(26)20-13-15-22(42-4)16-14-20)31(39)29(43-33)27-23-10-6-8-12-25(23)36(30(27)38)17-21-9-5-7-11-24(21)34/h5-16,18,28H,17H2,1-4H3/b29-27-/t28-/m1/s1. The second-order valence-corrected chi connectivity index (χ2v) is 12.8. The van der Waals surface area contributed by atoms with Gasteiger partial charge in [0.2, 0.25) is 0 Å². The number of anilines is 1. The number of aromatic nitrogens is 1. The molecule has 1 atom stereocenters. The Morgan fingerprint density at radius 2 is 1.74 bits per heavy atom. The van der Waals surface area contributed by atoms with Gasteiger partial charge in [0.05, 0.1) is 41.2 Å². The van der Waals surface area contributed by atoms with Crippen molar-refractivity contribution in [3.8, 4) is 0 Å². The zero-order valence-electron chi connectivity index (χ0n) is 24.0. The first-order valence-corrected chi connectivity index (χ1v) is 16.2. The van der Waals surface area contributed by atoms with Gasteiger partial charge in [0.1, 0.15) is 4.53 Å². The van der Waals surface area contributed by atoms with Crippen LogP contribution in [0.25, 0.3) is 5.57 Å². The molecule has 0 bridgehead atoms. The van der Waals surface area contributed by atoms with Gasteiger partial charge in [0.25, 0.3) is 11.5 Å². The molecule has 4 aromatic rings. The third kappa shape index (κ3) is 5.15. The number of carbonyl (C=O) groups excluding carboxylic acids is 2. The number of carbonyl (C=O) groups is 2. The zero-order chi connectivity index (χ0) is 30.4. The van der Waals surface area contributed by atoms with Gasteiger partial charge in [-0.1, -0.05) is 71.5 Å². The van der Waals surface area contributed by atoms with Crippen molar-refractivity contribution in [1.29, 1.82) is 0 Å². The summed E-state index contributed by atoms with van der Waals surface area (Å²) in [6.07, 6.45) is 1.64. The van der Waals surface area contributed by atoms with Crippen LogP contribution in [0.3, 0.4) is 0 Å². The Kier molecular flexibility index (Phi) is 7.89. The summed E-state index contributed by atoms with van der Waals surface area (Å²) < 4.78 is 7.41. The van der Waals surface area contributed by atoms with E-state index in [2.05, 4.69) is 0 Å². The average Bonchev–Trinajstić information content (AvgIpc) is 3.45. The molecule has 3 aromatic carbocycles. The third-order valence-electron chi connectivity index (χ3n) is 7.43. The van der Waals surface area contributed by atoms with Crippen LogP contribution in [-0.4, -0.2) is 28.8 Å². The zero-order valence-corrected chi connectivity index (χ0v) is 26.3. The maximum absolute atomic E-state index is 14.4. The first-order valence-electron chi connectivity index (χ1n) is 13.7. The molecule has 10 heteroatoms. The summed E-state index contributed by atoms with van der Waals surface area (Å²) in [6, 6.07) is 21.8. The highest BCUT2D eigenvalue weighted by Gasteiger charge is 2.37. The number of halogens is 1. The summed E-state index contributed by atoms with van der Waals surface area (Å²) in [5.41, 5.74) is 3.62. The number of thiazole rings is 1. The number of benzene rings is 3. The normalized spacial score (nSPS) is 17.2. The molecule has 0 saturated carbocycles. The van der Waals surface area contributed by atoms with Gasteiger partial charge in [-0.3, -0.25) is 14.2 Å². The number of thioether (sulfide) groups is 1. The Labute approximate surface area is 261 Å². The van der Waals surface area contributed by atoms with Gasteiger partial charge in [-0.25, -0.2) is 9.79 Å². The number of hydrogen-bond acceptors (Lipinski definition) is 7. The molecule has 218 valence electrons. The number of ether oxygens (including phenoxy) is 1. The molecule has 0 N–H and O–H groups in total. The molecular formula is C33H28ClN3O4S2. The number of hydrogen-bond donors (Lipinski definition) is 0. The van der Waals surface area contributed by atoms with Crippen LogP contribution in [0.15, 0.2) is 98.7 Å². The van der Waals surface area contributed by atoms with Gasteiger partial charge in [0.15, 0.2) is 4.80 Å². The number of esters is 1. The molecule has 6 rings (SSSR count). The lowest BCUT2D eigenvalue weighted by Gasteiger charge is -2.25. The number of fused-ring (bicyclic) bond motifs is 2. The predicted molar refractivity (Wildman–Crippen MR) is 171 cm³/mol. The van der Waals surface area contributed by atoms with Crippen LogP contribution in [0.1, 0.15) is 43.5 Å². The molecular weight excluding hydrogens is 602 g/mol. The summed E-state index contributed by atoms with van der Waals surface area (Å²) >= 11 is 9.21. The van der Waals surface area contributed by atoms with E-state index in [1.54, 1.807) is 43.5 Å². The molecule has 0 spiro atoms. The quantitative estimate of drug-likeness (QED) is 0.209. The van der Waals surface area contributed by atoms with Gasteiger partial charge < -0.3 is 9.64 Å². The third-order valence-corrected chi connectivity index (χ3v) is 9.59. The summed E-state index contributed by atoms with van der Waals surface area (Å²) in [5, 5.41) is 0.560. The van der Waals surface area contributed by atoms with Gasteiger partial charge in [0, 0.05) is 15.5 Å². The van der Waals surface area contributed by atoms with Gasteiger partial charge in [-0.2, -0.15) is 0 Å². The summed E-state index contributed by atoms with van der Waals surface area (Å²) in [6.45, 7) is 5.57.